The first kappa shape index (κ1) is 15.0. The molecule has 4 heteroatoms. The lowest BCUT2D eigenvalue weighted by Gasteiger charge is -2.16. The fourth-order valence-electron chi connectivity index (χ4n) is 1.87. The number of hydrogen-bond donors (Lipinski definition) is 1. The van der Waals surface area contributed by atoms with Crippen LogP contribution in [-0.4, -0.2) is 0 Å². The molecule has 2 aromatic rings. The Hall–Kier alpha value is -0.350. The quantitative estimate of drug-likeness (QED) is 0.689. The molecule has 0 saturated carbocycles. The van der Waals surface area contributed by atoms with Crippen LogP contribution in [0.5, 0.6) is 0 Å². The second-order valence-electron chi connectivity index (χ2n) is 4.36. The molecule has 1 unspecified atom stereocenters. The highest BCUT2D eigenvalue weighted by Gasteiger charge is 2.09. The molecule has 0 heterocycles. The third-order valence-electron chi connectivity index (χ3n) is 2.99. The van der Waals surface area contributed by atoms with Gasteiger partial charge in [0.2, 0.25) is 0 Å². The minimum atomic E-state index is 0.249. The van der Waals surface area contributed by atoms with Gasteiger partial charge in [0.25, 0.3) is 0 Å². The van der Waals surface area contributed by atoms with Gasteiger partial charge < -0.3 is 5.32 Å². The monoisotopic (exact) mass is 401 g/mol. The smallest absolute Gasteiger partial charge is 0.0450 e. The van der Waals surface area contributed by atoms with Crippen molar-refractivity contribution < 1.29 is 0 Å². The molecule has 0 amide bonds. The van der Waals surface area contributed by atoms with Crippen LogP contribution in [-0.2, 0) is 6.54 Å². The van der Waals surface area contributed by atoms with Gasteiger partial charge in [0.05, 0.1) is 0 Å². The van der Waals surface area contributed by atoms with Gasteiger partial charge in [-0.2, -0.15) is 0 Å². The molecule has 0 spiro atoms. The van der Waals surface area contributed by atoms with E-state index in [-0.39, 0.29) is 6.04 Å². The average molecular weight is 404 g/mol. The Labute approximate surface area is 135 Å². The van der Waals surface area contributed by atoms with E-state index in [2.05, 4.69) is 56.2 Å². The molecular formula is C15H14Br2ClN. The largest absolute Gasteiger partial charge is 0.306 e. The van der Waals surface area contributed by atoms with Crippen molar-refractivity contribution >= 4 is 43.5 Å². The molecule has 2 aromatic carbocycles. The Morgan fingerprint density at radius 3 is 2.58 bits per heavy atom. The van der Waals surface area contributed by atoms with Crippen molar-refractivity contribution in [2.45, 2.75) is 19.5 Å². The van der Waals surface area contributed by atoms with Crippen molar-refractivity contribution in [1.29, 1.82) is 0 Å². The highest BCUT2D eigenvalue weighted by Crippen LogP contribution is 2.27. The zero-order chi connectivity index (χ0) is 13.8. The predicted octanol–water partition coefficient (Wildman–Crippen LogP) is 5.72. The molecule has 19 heavy (non-hydrogen) atoms. The Morgan fingerprint density at radius 1 is 1.16 bits per heavy atom. The number of nitrogens with one attached hydrogen (secondary N) is 1. The van der Waals surface area contributed by atoms with E-state index in [1.54, 1.807) is 0 Å². The molecule has 0 aliphatic carbocycles. The summed E-state index contributed by atoms with van der Waals surface area (Å²) in [5.74, 6) is 0. The summed E-state index contributed by atoms with van der Waals surface area (Å²) in [7, 11) is 0. The molecule has 0 aromatic heterocycles. The van der Waals surface area contributed by atoms with Gasteiger partial charge in [0.1, 0.15) is 0 Å². The predicted molar refractivity (Wildman–Crippen MR) is 88.5 cm³/mol. The average Bonchev–Trinajstić information content (AvgIpc) is 2.37. The van der Waals surface area contributed by atoms with E-state index in [1.165, 1.54) is 5.56 Å². The van der Waals surface area contributed by atoms with Crippen LogP contribution in [0.2, 0.25) is 5.02 Å². The lowest BCUT2D eigenvalue weighted by atomic mass is 10.1. The first-order valence-corrected chi connectivity index (χ1v) is 7.96. The zero-order valence-corrected chi connectivity index (χ0v) is 14.4. The molecular weight excluding hydrogens is 389 g/mol. The fourth-order valence-corrected chi connectivity index (χ4v) is 3.46. The SMILES string of the molecule is CC(NCc1ccccc1Cl)c1ccc(Br)cc1Br. The van der Waals surface area contributed by atoms with Gasteiger partial charge in [-0.25, -0.2) is 0 Å². The summed E-state index contributed by atoms with van der Waals surface area (Å²) in [6.45, 7) is 2.90. The highest BCUT2D eigenvalue weighted by molar-refractivity contribution is 9.11. The second kappa shape index (κ2) is 6.89. The van der Waals surface area contributed by atoms with Crippen molar-refractivity contribution in [1.82, 2.24) is 5.32 Å². The number of hydrogen-bond acceptors (Lipinski definition) is 1. The third kappa shape index (κ3) is 4.06. The first-order chi connectivity index (χ1) is 9.08. The molecule has 2 rings (SSSR count). The lowest BCUT2D eigenvalue weighted by molar-refractivity contribution is 0.573. The molecule has 0 aliphatic heterocycles. The maximum Gasteiger partial charge on any atom is 0.0450 e. The maximum absolute atomic E-state index is 6.15. The summed E-state index contributed by atoms with van der Waals surface area (Å²) in [5.41, 5.74) is 2.35. The van der Waals surface area contributed by atoms with Crippen molar-refractivity contribution in [2.75, 3.05) is 0 Å². The normalized spacial score (nSPS) is 12.4. The van der Waals surface area contributed by atoms with Crippen molar-refractivity contribution in [2.24, 2.45) is 0 Å². The molecule has 0 fully saturated rings. The van der Waals surface area contributed by atoms with Crippen molar-refractivity contribution in [3.63, 3.8) is 0 Å². The van der Waals surface area contributed by atoms with Crippen LogP contribution in [0.15, 0.2) is 51.4 Å². The van der Waals surface area contributed by atoms with Crippen molar-refractivity contribution in [3.05, 3.63) is 67.6 Å². The van der Waals surface area contributed by atoms with E-state index in [4.69, 9.17) is 11.6 Å². The van der Waals surface area contributed by atoms with Crippen LogP contribution >= 0.6 is 43.5 Å². The Bertz CT molecular complexity index is 572. The van der Waals surface area contributed by atoms with Gasteiger partial charge in [0, 0.05) is 26.6 Å². The summed E-state index contributed by atoms with van der Waals surface area (Å²) < 4.78 is 2.17. The number of halogens is 3. The Morgan fingerprint density at radius 2 is 1.89 bits per heavy atom. The number of benzene rings is 2. The molecule has 1 nitrogen and oxygen atoms in total. The molecule has 1 atom stereocenters. The standard InChI is InChI=1S/C15H14Br2ClN/c1-10(13-7-6-12(16)8-14(13)17)19-9-11-4-2-3-5-15(11)18/h2-8,10,19H,9H2,1H3. The second-order valence-corrected chi connectivity index (χ2v) is 6.54. The molecule has 0 aliphatic rings. The van der Waals surface area contributed by atoms with Crippen LogP contribution in [0.1, 0.15) is 24.1 Å². The van der Waals surface area contributed by atoms with E-state index in [9.17, 15) is 0 Å². The number of rotatable bonds is 4. The zero-order valence-electron chi connectivity index (χ0n) is 10.5. The first-order valence-electron chi connectivity index (χ1n) is 5.99. The molecule has 1 N–H and O–H groups in total. The van der Waals surface area contributed by atoms with Gasteiger partial charge in [-0.15, -0.1) is 0 Å². The Balaban J connectivity index is 2.05. The molecule has 100 valence electrons. The van der Waals surface area contributed by atoms with E-state index in [0.29, 0.717) is 0 Å². The van der Waals surface area contributed by atoms with Gasteiger partial charge >= 0.3 is 0 Å². The lowest BCUT2D eigenvalue weighted by Crippen LogP contribution is -2.18. The van der Waals surface area contributed by atoms with Crippen molar-refractivity contribution in [3.8, 4) is 0 Å². The summed E-state index contributed by atoms with van der Waals surface area (Å²) in [4.78, 5) is 0. The summed E-state index contributed by atoms with van der Waals surface area (Å²) in [6, 6.07) is 14.4. The summed E-state index contributed by atoms with van der Waals surface area (Å²) in [5, 5.41) is 4.29. The third-order valence-corrected chi connectivity index (χ3v) is 4.53. The summed E-state index contributed by atoms with van der Waals surface area (Å²) in [6.07, 6.45) is 0. The molecule has 0 saturated heterocycles. The van der Waals surface area contributed by atoms with Gasteiger partial charge in [-0.05, 0) is 36.2 Å². The van der Waals surface area contributed by atoms with Gasteiger partial charge in [-0.3, -0.25) is 0 Å². The summed E-state index contributed by atoms with van der Waals surface area (Å²) >= 11 is 13.2. The maximum atomic E-state index is 6.15. The van der Waals surface area contributed by atoms with Crippen LogP contribution in [0, 0.1) is 0 Å². The minimum absolute atomic E-state index is 0.249. The highest BCUT2D eigenvalue weighted by atomic mass is 79.9. The van der Waals surface area contributed by atoms with Crippen LogP contribution < -0.4 is 5.32 Å². The van der Waals surface area contributed by atoms with Crippen LogP contribution in [0.4, 0.5) is 0 Å². The van der Waals surface area contributed by atoms with E-state index in [0.717, 1.165) is 26.1 Å². The Kier molecular flexibility index (Phi) is 5.46. The minimum Gasteiger partial charge on any atom is -0.306 e. The fraction of sp³-hybridized carbons (Fsp3) is 0.200. The van der Waals surface area contributed by atoms with Crippen LogP contribution in [0.3, 0.4) is 0 Å². The van der Waals surface area contributed by atoms with E-state index >= 15 is 0 Å². The van der Waals surface area contributed by atoms with Gasteiger partial charge in [-0.1, -0.05) is 67.7 Å². The topological polar surface area (TPSA) is 12.0 Å². The van der Waals surface area contributed by atoms with Gasteiger partial charge in [0.15, 0.2) is 0 Å². The molecule has 0 radical (unpaired) electrons. The van der Waals surface area contributed by atoms with E-state index in [1.807, 2.05) is 30.3 Å². The molecule has 0 bridgehead atoms. The van der Waals surface area contributed by atoms with E-state index < -0.39 is 0 Å². The van der Waals surface area contributed by atoms with Crippen LogP contribution in [0.25, 0.3) is 0 Å².